The number of alkyl carbamates (subject to hydrolysis) is 1. The van der Waals surface area contributed by atoms with Crippen molar-refractivity contribution in [3.8, 4) is 11.5 Å². The quantitative estimate of drug-likeness (QED) is 0.280. The van der Waals surface area contributed by atoms with Crippen LogP contribution < -0.4 is 14.8 Å². The van der Waals surface area contributed by atoms with Gasteiger partial charge in [0.1, 0.15) is 17.4 Å². The lowest BCUT2D eigenvalue weighted by Crippen LogP contribution is -2.74. The number of nitrogens with zero attached hydrogens (tertiary/aromatic N) is 1. The second-order valence-electron chi connectivity index (χ2n) is 14.3. The van der Waals surface area contributed by atoms with Gasteiger partial charge in [0.05, 0.1) is 31.2 Å². The predicted octanol–water partition coefficient (Wildman–Crippen LogP) is 2.93. The van der Waals surface area contributed by atoms with Gasteiger partial charge in [-0.2, -0.15) is 0 Å². The second kappa shape index (κ2) is 12.6. The van der Waals surface area contributed by atoms with E-state index in [9.17, 15) is 24.3 Å². The number of esters is 3. The third-order valence-corrected chi connectivity index (χ3v) is 9.32. The highest BCUT2D eigenvalue weighted by atomic mass is 16.6. The normalized spacial score (nSPS) is 27.0. The maximum Gasteiger partial charge on any atom is 0.408 e. The fourth-order valence-corrected chi connectivity index (χ4v) is 7.24. The molecule has 1 amide bonds. The number of aliphatic hydroxyl groups is 1. The maximum atomic E-state index is 13.4. The number of likely N-dealkylation sites (tertiary alicyclic amines) is 1. The van der Waals surface area contributed by atoms with Crippen molar-refractivity contribution in [3.05, 3.63) is 35.1 Å². The van der Waals surface area contributed by atoms with E-state index in [0.717, 1.165) is 11.1 Å². The van der Waals surface area contributed by atoms with Crippen LogP contribution in [0.1, 0.15) is 71.9 Å². The summed E-state index contributed by atoms with van der Waals surface area (Å²) in [6, 6.07) is 2.28. The van der Waals surface area contributed by atoms with Crippen LogP contribution in [0.15, 0.2) is 24.0 Å². The van der Waals surface area contributed by atoms with E-state index < -0.39 is 65.3 Å². The molecule has 5 rings (SSSR count). The largest absolute Gasteiger partial charge is 0.493 e. The Bertz CT molecular complexity index is 1470. The number of piperidine rings is 1. The van der Waals surface area contributed by atoms with E-state index in [1.54, 1.807) is 34.0 Å². The molecule has 2 aliphatic heterocycles. The number of ether oxygens (including phenoxy) is 6. The highest BCUT2D eigenvalue weighted by molar-refractivity contribution is 5.87. The van der Waals surface area contributed by atoms with Crippen LogP contribution in [-0.4, -0.2) is 96.8 Å². The van der Waals surface area contributed by atoms with Crippen LogP contribution in [0.4, 0.5) is 4.79 Å². The molecule has 6 atom stereocenters. The van der Waals surface area contributed by atoms with Crippen LogP contribution in [0.3, 0.4) is 0 Å². The highest BCUT2D eigenvalue weighted by Gasteiger charge is 2.72. The van der Waals surface area contributed by atoms with Gasteiger partial charge in [0.2, 0.25) is 0 Å². The fourth-order valence-electron chi connectivity index (χ4n) is 7.24. The Morgan fingerprint density at radius 3 is 2.53 bits per heavy atom. The number of benzene rings is 1. The summed E-state index contributed by atoms with van der Waals surface area (Å²) in [4.78, 5) is 53.6. The van der Waals surface area contributed by atoms with Crippen molar-refractivity contribution >= 4 is 24.0 Å². The Hall–Kier alpha value is -3.84. The van der Waals surface area contributed by atoms with E-state index in [4.69, 9.17) is 28.4 Å². The molecular formula is C34H46N2O11. The van der Waals surface area contributed by atoms with Gasteiger partial charge in [0, 0.05) is 18.0 Å². The summed E-state index contributed by atoms with van der Waals surface area (Å²) in [6.07, 6.45) is -0.598. The number of rotatable bonds is 10. The number of hydrogen-bond acceptors (Lipinski definition) is 12. The number of carbonyl (C=O) groups excluding carboxylic acids is 4. The molecule has 1 fully saturated rings. The smallest absolute Gasteiger partial charge is 0.408 e. The number of nitrogens with one attached hydrogen (secondary N) is 1. The number of hydrogen-bond donors (Lipinski definition) is 2. The van der Waals surface area contributed by atoms with Crippen LogP contribution in [-0.2, 0) is 45.2 Å². The van der Waals surface area contributed by atoms with Gasteiger partial charge in [-0.05, 0) is 77.8 Å². The zero-order valence-electron chi connectivity index (χ0n) is 28.3. The summed E-state index contributed by atoms with van der Waals surface area (Å²) in [6.45, 7) is 10.8. The minimum Gasteiger partial charge on any atom is -0.493 e. The minimum atomic E-state index is -1.41. The summed E-state index contributed by atoms with van der Waals surface area (Å²) >= 11 is 0. The maximum absolute atomic E-state index is 13.4. The summed E-state index contributed by atoms with van der Waals surface area (Å²) < 4.78 is 33.8. The van der Waals surface area contributed by atoms with Crippen molar-refractivity contribution in [2.24, 2.45) is 5.92 Å². The van der Waals surface area contributed by atoms with Gasteiger partial charge in [-0.3, -0.25) is 4.79 Å². The average Bonchev–Trinajstić information content (AvgIpc) is 3.33. The first kappa shape index (κ1) is 34.5. The molecule has 2 N–H and O–H groups in total. The molecule has 2 bridgehead atoms. The molecule has 258 valence electrons. The summed E-state index contributed by atoms with van der Waals surface area (Å²) in [5.41, 5.74) is -0.947. The van der Waals surface area contributed by atoms with Crippen molar-refractivity contribution in [1.82, 2.24) is 10.2 Å². The number of methoxy groups -OCH3 is 1. The number of likely N-dealkylation sites (N-methyl/N-ethyl adjacent to an activating group) is 1. The molecule has 1 spiro atoms. The van der Waals surface area contributed by atoms with E-state index in [1.165, 1.54) is 6.92 Å². The van der Waals surface area contributed by atoms with E-state index in [0.29, 0.717) is 30.9 Å². The Balaban J connectivity index is 1.30. The van der Waals surface area contributed by atoms with Gasteiger partial charge in [-0.15, -0.1) is 0 Å². The van der Waals surface area contributed by atoms with Crippen LogP contribution in [0.2, 0.25) is 0 Å². The first-order valence-electron chi connectivity index (χ1n) is 16.1. The van der Waals surface area contributed by atoms with Gasteiger partial charge in [-0.25, -0.2) is 14.4 Å². The first-order valence-corrected chi connectivity index (χ1v) is 16.1. The molecule has 1 aromatic rings. The Kier molecular flexibility index (Phi) is 9.28. The molecule has 1 saturated heterocycles. The fraction of sp³-hybridized carbons (Fsp3) is 0.647. The predicted molar refractivity (Wildman–Crippen MR) is 167 cm³/mol. The Morgan fingerprint density at radius 2 is 1.87 bits per heavy atom. The van der Waals surface area contributed by atoms with Gasteiger partial charge < -0.3 is 43.7 Å². The molecular weight excluding hydrogens is 612 g/mol. The van der Waals surface area contributed by atoms with Crippen molar-refractivity contribution in [1.29, 1.82) is 0 Å². The monoisotopic (exact) mass is 658 g/mol. The molecule has 13 nitrogen and oxygen atoms in total. The molecule has 1 aromatic carbocycles. The highest BCUT2D eigenvalue weighted by Crippen LogP contribution is 2.65. The zero-order valence-corrected chi connectivity index (χ0v) is 28.3. The topological polar surface area (TPSA) is 159 Å². The third kappa shape index (κ3) is 6.27. The van der Waals surface area contributed by atoms with E-state index in [1.807, 2.05) is 33.0 Å². The lowest BCUT2D eigenvalue weighted by molar-refractivity contribution is -0.175. The van der Waals surface area contributed by atoms with Crippen LogP contribution in [0.25, 0.3) is 0 Å². The molecule has 0 aromatic heterocycles. The molecule has 0 radical (unpaired) electrons. The van der Waals surface area contributed by atoms with E-state index >= 15 is 0 Å². The van der Waals surface area contributed by atoms with Crippen molar-refractivity contribution < 1.29 is 52.7 Å². The Morgan fingerprint density at radius 1 is 1.15 bits per heavy atom. The summed E-state index contributed by atoms with van der Waals surface area (Å²) in [5, 5.41) is 14.7. The minimum absolute atomic E-state index is 0.0193. The zero-order chi connectivity index (χ0) is 34.5. The number of amides is 1. The second-order valence-corrected chi connectivity index (χ2v) is 14.3. The van der Waals surface area contributed by atoms with Gasteiger partial charge in [0.15, 0.2) is 23.7 Å². The first-order chi connectivity index (χ1) is 22.0. The molecule has 4 aliphatic rings. The molecule has 2 aliphatic carbocycles. The van der Waals surface area contributed by atoms with Gasteiger partial charge in [0.25, 0.3) is 0 Å². The molecule has 2 heterocycles. The van der Waals surface area contributed by atoms with Gasteiger partial charge in [-0.1, -0.05) is 19.9 Å². The molecule has 13 heteroatoms. The third-order valence-electron chi connectivity index (χ3n) is 9.32. The average molecular weight is 659 g/mol. The van der Waals surface area contributed by atoms with E-state index in [-0.39, 0.29) is 30.7 Å². The van der Waals surface area contributed by atoms with E-state index in [2.05, 4.69) is 10.2 Å². The van der Waals surface area contributed by atoms with Crippen molar-refractivity contribution in [2.75, 3.05) is 27.3 Å². The van der Waals surface area contributed by atoms with Gasteiger partial charge >= 0.3 is 24.0 Å². The van der Waals surface area contributed by atoms with Crippen molar-refractivity contribution in [3.63, 3.8) is 0 Å². The molecule has 0 saturated carbocycles. The lowest BCUT2D eigenvalue weighted by atomic mass is 9.50. The van der Waals surface area contributed by atoms with Crippen LogP contribution >= 0.6 is 0 Å². The summed E-state index contributed by atoms with van der Waals surface area (Å²) in [7, 11) is 3.56. The molecule has 47 heavy (non-hydrogen) atoms. The summed E-state index contributed by atoms with van der Waals surface area (Å²) in [5.74, 6) is -1.34. The van der Waals surface area contributed by atoms with Crippen molar-refractivity contribution in [2.45, 2.75) is 108 Å². The Labute approximate surface area is 274 Å². The molecule has 1 unspecified atom stereocenters. The lowest BCUT2D eigenvalue weighted by Gasteiger charge is -2.61. The SMILES string of the molecule is COc1ccc2c3c1O[C@H]1C(OC(=O)[C@H](C)OC(=O)C[C@H](NC(=O)OC(C)(C)C)C(=O)OCC(C)C)=CC[C@@]4(O)[C@@H](C2)N(C)CCC314. The van der Waals surface area contributed by atoms with Crippen LogP contribution in [0.5, 0.6) is 11.5 Å². The van der Waals surface area contributed by atoms with Crippen LogP contribution in [0, 0.1) is 5.92 Å². The number of carbonyl (C=O) groups is 4. The standard InChI is InChI=1S/C34H46N2O11/c1-18(2)17-43-30(39)21(35-31(40)47-32(4,5)6)16-25(37)44-19(3)29(38)45-23-11-12-34(41)24-15-20-9-10-22(42-8)27-26(20)33(34,28(23)46-27)13-14-36(24)7/h9-11,18-19,21,24,28,41H,12-17H2,1-8H3,(H,35,40)/t19-,21-,24+,28-,33?,34+/m0/s1.